The molecule has 4 heteroatoms. The molecule has 0 amide bonds. The summed E-state index contributed by atoms with van der Waals surface area (Å²) in [4.78, 5) is 5.30. The predicted octanol–water partition coefficient (Wildman–Crippen LogP) is 12.5. The number of hydrogen-bond donors (Lipinski definition) is 0. The quantitative estimate of drug-likeness (QED) is 0.124. The van der Waals surface area contributed by atoms with Gasteiger partial charge in [-0.3, -0.25) is 4.99 Å². The van der Waals surface area contributed by atoms with Crippen molar-refractivity contribution in [3.63, 3.8) is 0 Å². The molecule has 4 aromatic carbocycles. The zero-order valence-electron chi connectivity index (χ0n) is 31.6. The SMILES string of the molecule is C=C/C1=N/C(=C)CC2C(CCc3cc4c(cc31)sc1ccc(-c3ccccc3)cc14)c1ccccc1-c1cc(CC3CCCCC3)c([Si](C)(C)C)c[n+]12. The lowest BCUT2D eigenvalue weighted by Gasteiger charge is -2.33. The highest BCUT2D eigenvalue weighted by molar-refractivity contribution is 7.25. The van der Waals surface area contributed by atoms with Gasteiger partial charge in [-0.1, -0.05) is 120 Å². The second kappa shape index (κ2) is 13.8. The van der Waals surface area contributed by atoms with E-state index in [2.05, 4.69) is 135 Å². The molecule has 2 atom stereocenters. The summed E-state index contributed by atoms with van der Waals surface area (Å²) in [6.45, 7) is 16.5. The first-order chi connectivity index (χ1) is 25.7. The maximum absolute atomic E-state index is 5.30. The third kappa shape index (κ3) is 6.38. The summed E-state index contributed by atoms with van der Waals surface area (Å²) in [5.74, 6) is 1.16. The van der Waals surface area contributed by atoms with Crippen molar-refractivity contribution >= 4 is 50.5 Å². The van der Waals surface area contributed by atoms with Crippen LogP contribution in [0.25, 0.3) is 42.6 Å². The number of nitrogens with zero attached hydrogens (tertiary/aromatic N) is 2. The summed E-state index contributed by atoms with van der Waals surface area (Å²) in [5, 5.41) is 4.31. The highest BCUT2D eigenvalue weighted by Crippen LogP contribution is 2.45. The fourth-order valence-corrected chi connectivity index (χ4v) is 12.6. The van der Waals surface area contributed by atoms with Crippen LogP contribution >= 0.6 is 11.3 Å². The molecular weight excluding hydrogens is 677 g/mol. The molecule has 3 aliphatic rings. The number of pyridine rings is 1. The molecule has 0 bridgehead atoms. The van der Waals surface area contributed by atoms with Gasteiger partial charge in [0.05, 0.1) is 20.2 Å². The third-order valence-electron chi connectivity index (χ3n) is 12.4. The Labute approximate surface area is 320 Å². The summed E-state index contributed by atoms with van der Waals surface area (Å²) in [6.07, 6.45) is 15.6. The molecule has 4 heterocycles. The maximum Gasteiger partial charge on any atom is 0.213 e. The van der Waals surface area contributed by atoms with E-state index in [4.69, 9.17) is 4.99 Å². The second-order valence-electron chi connectivity index (χ2n) is 16.9. The van der Waals surface area contributed by atoms with E-state index in [0.717, 1.165) is 36.6 Å². The molecule has 2 aromatic heterocycles. The number of hydrogen-bond acceptors (Lipinski definition) is 2. The molecule has 0 saturated heterocycles. The van der Waals surface area contributed by atoms with Crippen LogP contribution in [0, 0.1) is 5.92 Å². The zero-order valence-corrected chi connectivity index (χ0v) is 33.4. The molecule has 0 N–H and O–H groups in total. The van der Waals surface area contributed by atoms with Crippen molar-refractivity contribution in [3.05, 3.63) is 144 Å². The van der Waals surface area contributed by atoms with Crippen LogP contribution in [-0.4, -0.2) is 13.8 Å². The van der Waals surface area contributed by atoms with Crippen molar-refractivity contribution in [3.8, 4) is 22.4 Å². The molecule has 2 unspecified atom stereocenters. The van der Waals surface area contributed by atoms with Gasteiger partial charge in [-0.2, -0.15) is 4.57 Å². The molecule has 1 fully saturated rings. The highest BCUT2D eigenvalue weighted by Gasteiger charge is 2.42. The maximum atomic E-state index is 5.30. The molecule has 9 rings (SSSR count). The van der Waals surface area contributed by atoms with Crippen LogP contribution in [0.4, 0.5) is 0 Å². The third-order valence-corrected chi connectivity index (χ3v) is 15.6. The van der Waals surface area contributed by atoms with Crippen LogP contribution in [0.1, 0.15) is 79.2 Å². The Morgan fingerprint density at radius 3 is 2.38 bits per heavy atom. The number of benzene rings is 4. The first kappa shape index (κ1) is 34.4. The Morgan fingerprint density at radius 1 is 0.811 bits per heavy atom. The number of fused-ring (bicyclic) bond motifs is 10. The van der Waals surface area contributed by atoms with E-state index < -0.39 is 8.07 Å². The van der Waals surface area contributed by atoms with E-state index in [-0.39, 0.29) is 6.04 Å². The summed E-state index contributed by atoms with van der Waals surface area (Å²) in [5.41, 5.74) is 12.8. The zero-order chi connectivity index (χ0) is 36.3. The minimum atomic E-state index is -1.64. The molecule has 2 aliphatic heterocycles. The molecule has 0 spiro atoms. The van der Waals surface area contributed by atoms with Crippen LogP contribution in [-0.2, 0) is 12.8 Å². The first-order valence-electron chi connectivity index (χ1n) is 19.9. The van der Waals surface area contributed by atoms with E-state index >= 15 is 0 Å². The largest absolute Gasteiger partial charge is 0.253 e. The van der Waals surface area contributed by atoms with Crippen molar-refractivity contribution in [2.45, 2.75) is 89.4 Å². The average Bonchev–Trinajstić information content (AvgIpc) is 3.53. The summed E-state index contributed by atoms with van der Waals surface area (Å²) in [7, 11) is -1.64. The van der Waals surface area contributed by atoms with Crippen molar-refractivity contribution in [2.75, 3.05) is 0 Å². The first-order valence-corrected chi connectivity index (χ1v) is 24.2. The lowest BCUT2D eigenvalue weighted by molar-refractivity contribution is -0.717. The van der Waals surface area contributed by atoms with Gasteiger partial charge in [0, 0.05) is 54.2 Å². The van der Waals surface area contributed by atoms with Crippen molar-refractivity contribution < 1.29 is 4.57 Å². The number of aromatic nitrogens is 1. The molecular formula is C49H51N2SSi+. The average molecular weight is 728 g/mol. The standard InChI is InChI=1S/C49H51N2SSi/c1-6-44-41-30-48-43(42-27-35(22-24-47(42)52-48)34-17-11-8-12-18-34)28-36(41)21-23-40-38-19-13-14-20-39(38)46-29-37(26-33-15-9-7-10-16-33)49(53(3,4)5)31-51(46)45(40)25-32(2)50-44/h6,8,11-14,17-20,22,24,27-31,33,40,45H,1-2,7,9-10,15-16,21,23,25-26H2,3-5H3/q+1/b50-44-. The number of thiophene rings is 1. The van der Waals surface area contributed by atoms with Gasteiger partial charge in [-0.15, -0.1) is 11.3 Å². The molecule has 6 aromatic rings. The van der Waals surface area contributed by atoms with Crippen LogP contribution in [0.2, 0.25) is 19.6 Å². The number of rotatable bonds is 5. The van der Waals surface area contributed by atoms with Gasteiger partial charge >= 0.3 is 0 Å². The number of allylic oxidation sites excluding steroid dienone is 2. The summed E-state index contributed by atoms with van der Waals surface area (Å²) >= 11 is 1.88. The summed E-state index contributed by atoms with van der Waals surface area (Å²) in [6, 6.07) is 34.7. The smallest absolute Gasteiger partial charge is 0.213 e. The van der Waals surface area contributed by atoms with Crippen LogP contribution in [0.3, 0.4) is 0 Å². The second-order valence-corrected chi connectivity index (χ2v) is 23.0. The Balaban J connectivity index is 1.17. The molecule has 53 heavy (non-hydrogen) atoms. The van der Waals surface area contributed by atoms with E-state index in [1.807, 2.05) is 17.4 Å². The lowest BCUT2D eigenvalue weighted by atomic mass is 9.77. The normalized spacial score (nSPS) is 20.2. The van der Waals surface area contributed by atoms with Gasteiger partial charge in [-0.05, 0) is 89.4 Å². The van der Waals surface area contributed by atoms with Gasteiger partial charge in [0.15, 0.2) is 12.2 Å². The van der Waals surface area contributed by atoms with Crippen LogP contribution in [0.15, 0.2) is 127 Å². The van der Waals surface area contributed by atoms with E-state index in [0.29, 0.717) is 5.92 Å². The van der Waals surface area contributed by atoms with Crippen LogP contribution < -0.4 is 9.75 Å². The highest BCUT2D eigenvalue weighted by atomic mass is 32.1. The van der Waals surface area contributed by atoms with E-state index in [1.54, 1.807) is 10.8 Å². The Morgan fingerprint density at radius 2 is 1.58 bits per heavy atom. The molecule has 2 nitrogen and oxygen atoms in total. The van der Waals surface area contributed by atoms with Gasteiger partial charge in [0.2, 0.25) is 5.69 Å². The fraction of sp³-hybridized carbons (Fsp3) is 0.306. The number of aliphatic imine (C=N–C) groups is 1. The molecule has 0 radical (unpaired) electrons. The predicted molar refractivity (Wildman–Crippen MR) is 231 cm³/mol. The van der Waals surface area contributed by atoms with Gasteiger partial charge < -0.3 is 0 Å². The monoisotopic (exact) mass is 727 g/mol. The minimum absolute atomic E-state index is 0.252. The molecule has 1 saturated carbocycles. The Hall–Kier alpha value is -4.38. The van der Waals surface area contributed by atoms with Crippen molar-refractivity contribution in [1.29, 1.82) is 0 Å². The van der Waals surface area contributed by atoms with Gasteiger partial charge in [-0.25, -0.2) is 0 Å². The molecule has 1 aliphatic carbocycles. The van der Waals surface area contributed by atoms with E-state index in [9.17, 15) is 0 Å². The molecule has 266 valence electrons. The topological polar surface area (TPSA) is 16.2 Å². The van der Waals surface area contributed by atoms with E-state index in [1.165, 1.54) is 97.8 Å². The number of aryl methyl sites for hydroxylation is 1. The summed E-state index contributed by atoms with van der Waals surface area (Å²) < 4.78 is 5.31. The van der Waals surface area contributed by atoms with Crippen LogP contribution in [0.5, 0.6) is 0 Å². The van der Waals surface area contributed by atoms with Crippen molar-refractivity contribution in [1.82, 2.24) is 0 Å². The van der Waals surface area contributed by atoms with Gasteiger partial charge in [0.25, 0.3) is 0 Å². The van der Waals surface area contributed by atoms with Gasteiger partial charge in [0.1, 0.15) is 0 Å². The lowest BCUT2D eigenvalue weighted by Crippen LogP contribution is -2.54. The Bertz CT molecular complexity index is 2420. The van der Waals surface area contributed by atoms with Crippen molar-refractivity contribution in [2.24, 2.45) is 10.9 Å². The fourth-order valence-electron chi connectivity index (χ4n) is 9.80. The minimum Gasteiger partial charge on any atom is -0.253 e. The Kier molecular flexibility index (Phi) is 8.95.